The molecular weight excluding hydrogens is 470 g/mol. The zero-order chi connectivity index (χ0) is 25.2. The predicted molar refractivity (Wildman–Crippen MR) is 141 cm³/mol. The molecule has 3 aromatic heterocycles. The van der Waals surface area contributed by atoms with Crippen molar-refractivity contribution in [3.8, 4) is 28.6 Å². The number of methoxy groups -OCH3 is 1. The van der Waals surface area contributed by atoms with Gasteiger partial charge in [-0.3, -0.25) is 14.8 Å². The van der Waals surface area contributed by atoms with Crippen LogP contribution < -0.4 is 25.2 Å². The summed E-state index contributed by atoms with van der Waals surface area (Å²) in [4.78, 5) is 26.6. The maximum Gasteiger partial charge on any atom is 0.250 e. The lowest BCUT2D eigenvalue weighted by Gasteiger charge is -2.29. The third-order valence-corrected chi connectivity index (χ3v) is 6.63. The Kier molecular flexibility index (Phi) is 6.20. The van der Waals surface area contributed by atoms with Gasteiger partial charge in [-0.25, -0.2) is 0 Å². The average molecular weight is 498 g/mol. The normalized spacial score (nSPS) is 14.4. The molecule has 2 N–H and O–H groups in total. The van der Waals surface area contributed by atoms with E-state index in [0.29, 0.717) is 43.3 Å². The number of pyridine rings is 3. The first-order valence-corrected chi connectivity index (χ1v) is 12.3. The Morgan fingerprint density at radius 2 is 1.95 bits per heavy atom. The van der Waals surface area contributed by atoms with Crippen LogP contribution in [-0.4, -0.2) is 48.4 Å². The minimum Gasteiger partial charge on any atom is -0.495 e. The van der Waals surface area contributed by atoms with E-state index in [1.54, 1.807) is 25.6 Å². The molecule has 1 aromatic carbocycles. The van der Waals surface area contributed by atoms with Gasteiger partial charge in [0.2, 0.25) is 0 Å². The molecule has 2 aliphatic heterocycles. The number of aromatic nitrogens is 3. The lowest BCUT2D eigenvalue weighted by atomic mass is 9.99. The third-order valence-electron chi connectivity index (χ3n) is 6.63. The van der Waals surface area contributed by atoms with Crippen LogP contribution in [0.25, 0.3) is 11.4 Å². The highest BCUT2D eigenvalue weighted by atomic mass is 16.5. The minimum atomic E-state index is -0.171. The van der Waals surface area contributed by atoms with Crippen molar-refractivity contribution in [2.24, 2.45) is 0 Å². The number of anilines is 2. The second kappa shape index (κ2) is 9.94. The number of nitrogens with one attached hydrogen (secondary N) is 2. The van der Waals surface area contributed by atoms with Crippen LogP contribution in [0.15, 0.2) is 65.7 Å². The van der Waals surface area contributed by atoms with Gasteiger partial charge in [0.15, 0.2) is 5.75 Å². The van der Waals surface area contributed by atoms with E-state index in [-0.39, 0.29) is 5.56 Å². The maximum atomic E-state index is 12.5. The Labute approximate surface area is 214 Å². The first-order chi connectivity index (χ1) is 18.2. The molecule has 9 nitrogen and oxygen atoms in total. The first-order valence-electron chi connectivity index (χ1n) is 12.3. The van der Waals surface area contributed by atoms with E-state index >= 15 is 0 Å². The van der Waals surface area contributed by atoms with Gasteiger partial charge in [-0.2, -0.15) is 0 Å². The molecule has 0 radical (unpaired) electrons. The molecule has 0 bridgehead atoms. The van der Waals surface area contributed by atoms with Crippen LogP contribution in [0, 0.1) is 0 Å². The number of rotatable bonds is 6. The van der Waals surface area contributed by atoms with Crippen LogP contribution in [-0.2, 0) is 17.7 Å². The quantitative estimate of drug-likeness (QED) is 0.363. The molecule has 0 spiro atoms. The Hall–Kier alpha value is -4.37. The molecule has 4 aromatic rings. The fraction of sp³-hybridized carbons (Fsp3) is 0.250. The second-order valence-electron chi connectivity index (χ2n) is 8.97. The summed E-state index contributed by atoms with van der Waals surface area (Å²) in [7, 11) is 1.64. The number of morpholine rings is 1. The van der Waals surface area contributed by atoms with E-state index in [1.807, 2.05) is 36.4 Å². The van der Waals surface area contributed by atoms with E-state index < -0.39 is 0 Å². The van der Waals surface area contributed by atoms with Crippen molar-refractivity contribution in [2.75, 3.05) is 43.6 Å². The summed E-state index contributed by atoms with van der Waals surface area (Å²) in [6.07, 6.45) is 4.21. The molecule has 0 aliphatic carbocycles. The number of ether oxygens (including phenoxy) is 3. The molecule has 0 unspecified atom stereocenters. The zero-order valence-corrected chi connectivity index (χ0v) is 20.5. The van der Waals surface area contributed by atoms with Gasteiger partial charge in [0, 0.05) is 60.5 Å². The first kappa shape index (κ1) is 23.1. The second-order valence-corrected chi connectivity index (χ2v) is 8.97. The van der Waals surface area contributed by atoms with Crippen molar-refractivity contribution < 1.29 is 14.2 Å². The van der Waals surface area contributed by atoms with Crippen molar-refractivity contribution in [1.82, 2.24) is 15.0 Å². The fourth-order valence-corrected chi connectivity index (χ4v) is 4.76. The Balaban J connectivity index is 1.26. The molecular formula is C28H27N5O4. The lowest BCUT2D eigenvalue weighted by Crippen LogP contribution is -2.36. The van der Waals surface area contributed by atoms with Crippen LogP contribution in [0.4, 0.5) is 11.4 Å². The topological polar surface area (TPSA) is 102 Å². The highest BCUT2D eigenvalue weighted by Crippen LogP contribution is 2.42. The largest absolute Gasteiger partial charge is 0.495 e. The Morgan fingerprint density at radius 1 is 1.05 bits per heavy atom. The van der Waals surface area contributed by atoms with E-state index in [1.165, 1.54) is 0 Å². The molecule has 5 heterocycles. The van der Waals surface area contributed by atoms with Crippen molar-refractivity contribution in [3.05, 3.63) is 88.1 Å². The number of fused-ring (bicyclic) bond motifs is 2. The van der Waals surface area contributed by atoms with E-state index in [4.69, 9.17) is 14.2 Å². The molecule has 37 heavy (non-hydrogen) atoms. The predicted octanol–water partition coefficient (Wildman–Crippen LogP) is 3.99. The van der Waals surface area contributed by atoms with Gasteiger partial charge >= 0.3 is 0 Å². The monoisotopic (exact) mass is 497 g/mol. The molecule has 1 saturated heterocycles. The van der Waals surface area contributed by atoms with E-state index in [9.17, 15) is 4.79 Å². The van der Waals surface area contributed by atoms with Crippen LogP contribution in [0.3, 0.4) is 0 Å². The smallest absolute Gasteiger partial charge is 0.250 e. The van der Waals surface area contributed by atoms with Crippen LogP contribution in [0.5, 0.6) is 17.2 Å². The van der Waals surface area contributed by atoms with E-state index in [2.05, 4.69) is 31.2 Å². The summed E-state index contributed by atoms with van der Waals surface area (Å²) in [5.74, 6) is 2.19. The van der Waals surface area contributed by atoms with Gasteiger partial charge in [0.1, 0.15) is 22.9 Å². The molecule has 1 fully saturated rings. The number of hydrogen-bond acceptors (Lipinski definition) is 8. The van der Waals surface area contributed by atoms with Crippen LogP contribution in [0.1, 0.15) is 16.8 Å². The fourth-order valence-electron chi connectivity index (χ4n) is 4.76. The van der Waals surface area contributed by atoms with Gasteiger partial charge in [0.05, 0.1) is 32.6 Å². The van der Waals surface area contributed by atoms with Crippen molar-refractivity contribution in [3.63, 3.8) is 0 Å². The van der Waals surface area contributed by atoms with E-state index in [0.717, 1.165) is 52.8 Å². The summed E-state index contributed by atoms with van der Waals surface area (Å²) >= 11 is 0. The highest BCUT2D eigenvalue weighted by Gasteiger charge is 2.23. The molecule has 6 rings (SSSR count). The maximum absolute atomic E-state index is 12.5. The summed E-state index contributed by atoms with van der Waals surface area (Å²) in [6.45, 7) is 3.33. The number of H-pyrrole nitrogens is 1. The number of hydrogen-bond donors (Lipinski definition) is 2. The highest BCUT2D eigenvalue weighted by molar-refractivity contribution is 5.71. The average Bonchev–Trinajstić information content (AvgIpc) is 2.95. The molecule has 0 saturated carbocycles. The minimum absolute atomic E-state index is 0.171. The number of benzene rings is 1. The Bertz CT molecular complexity index is 1500. The molecule has 2 aliphatic rings. The summed E-state index contributed by atoms with van der Waals surface area (Å²) in [5.41, 5.74) is 5.84. The van der Waals surface area contributed by atoms with Gasteiger partial charge in [0.25, 0.3) is 5.56 Å². The molecule has 0 atom stereocenters. The Morgan fingerprint density at radius 3 is 2.81 bits per heavy atom. The van der Waals surface area contributed by atoms with Gasteiger partial charge < -0.3 is 29.4 Å². The summed E-state index contributed by atoms with van der Waals surface area (Å²) < 4.78 is 17.2. The SMILES string of the molecule is COc1cccnc1CNc1ccc2c(c1)Cc1ccnc(-c3cc(N4CCOCC4)cc(=O)[nH]3)c1O2. The molecule has 9 heteroatoms. The number of nitrogens with zero attached hydrogens (tertiary/aromatic N) is 3. The standard InChI is InChI=1S/C28H27N5O4/c1-35-25-3-2-7-29-23(25)17-31-20-4-5-24-19(14-20)13-18-6-8-30-27(28(18)37-24)22-15-21(16-26(34)32-22)33-9-11-36-12-10-33/h2-8,14-16,31H,9-13,17H2,1H3,(H,32,34). The summed E-state index contributed by atoms with van der Waals surface area (Å²) in [6, 6.07) is 15.3. The van der Waals surface area contributed by atoms with Crippen molar-refractivity contribution in [1.29, 1.82) is 0 Å². The van der Waals surface area contributed by atoms with Crippen LogP contribution >= 0.6 is 0 Å². The zero-order valence-electron chi connectivity index (χ0n) is 20.5. The van der Waals surface area contributed by atoms with Crippen LogP contribution in [0.2, 0.25) is 0 Å². The molecule has 0 amide bonds. The third kappa shape index (κ3) is 4.73. The summed E-state index contributed by atoms with van der Waals surface area (Å²) in [5, 5.41) is 3.43. The van der Waals surface area contributed by atoms with Gasteiger partial charge in [-0.05, 0) is 42.5 Å². The number of aromatic amines is 1. The van der Waals surface area contributed by atoms with Crippen molar-refractivity contribution >= 4 is 11.4 Å². The molecule has 188 valence electrons. The lowest BCUT2D eigenvalue weighted by molar-refractivity contribution is 0.122. The van der Waals surface area contributed by atoms with Gasteiger partial charge in [-0.1, -0.05) is 0 Å². The van der Waals surface area contributed by atoms with Crippen molar-refractivity contribution in [2.45, 2.75) is 13.0 Å². The van der Waals surface area contributed by atoms with Gasteiger partial charge in [-0.15, -0.1) is 0 Å².